The van der Waals surface area contributed by atoms with Gasteiger partial charge in [0.2, 0.25) is 0 Å². The lowest BCUT2D eigenvalue weighted by molar-refractivity contribution is 0.106. The van der Waals surface area contributed by atoms with Crippen molar-refractivity contribution >= 4 is 0 Å². The van der Waals surface area contributed by atoms with E-state index >= 15 is 0 Å². The van der Waals surface area contributed by atoms with Gasteiger partial charge in [0.25, 0.3) is 0 Å². The molecule has 0 aliphatic carbocycles. The van der Waals surface area contributed by atoms with E-state index in [1.54, 1.807) is 12.5 Å². The Labute approximate surface area is 92.2 Å². The molecule has 0 bridgehead atoms. The van der Waals surface area contributed by atoms with Crippen LogP contribution < -0.4 is 5.73 Å². The summed E-state index contributed by atoms with van der Waals surface area (Å²) in [6, 6.07) is 1.92. The van der Waals surface area contributed by atoms with Gasteiger partial charge in [-0.3, -0.25) is 4.90 Å². The molecule has 86 valence electrons. The summed E-state index contributed by atoms with van der Waals surface area (Å²) < 4.78 is 5.08. The molecular formula is C12H22N2O. The average molecular weight is 210 g/mol. The van der Waals surface area contributed by atoms with Gasteiger partial charge in [-0.1, -0.05) is 13.8 Å². The lowest BCUT2D eigenvalue weighted by Gasteiger charge is -2.41. The smallest absolute Gasteiger partial charge is 0.0951 e. The number of likely N-dealkylation sites (N-methyl/N-ethyl adjacent to an activating group) is 1. The van der Waals surface area contributed by atoms with Gasteiger partial charge in [-0.2, -0.15) is 0 Å². The molecule has 1 atom stereocenters. The third-order valence-corrected chi connectivity index (χ3v) is 3.24. The number of nitrogens with zero attached hydrogens (tertiary/aromatic N) is 1. The molecule has 0 amide bonds. The zero-order valence-corrected chi connectivity index (χ0v) is 10.2. The fourth-order valence-corrected chi connectivity index (χ4v) is 2.10. The predicted molar refractivity (Wildman–Crippen MR) is 62.6 cm³/mol. The third kappa shape index (κ3) is 2.41. The van der Waals surface area contributed by atoms with E-state index in [0.717, 1.165) is 18.7 Å². The van der Waals surface area contributed by atoms with E-state index in [1.165, 1.54) is 0 Å². The van der Waals surface area contributed by atoms with Crippen LogP contribution in [0.25, 0.3) is 0 Å². The molecule has 1 aromatic rings. The predicted octanol–water partition coefficient (Wildman–Crippen LogP) is 2.40. The van der Waals surface area contributed by atoms with Gasteiger partial charge in [0.05, 0.1) is 18.6 Å². The Morgan fingerprint density at radius 1 is 1.40 bits per heavy atom. The Morgan fingerprint density at radius 2 is 2.00 bits per heavy atom. The fourth-order valence-electron chi connectivity index (χ4n) is 2.10. The van der Waals surface area contributed by atoms with Crippen LogP contribution in [0, 0.1) is 0 Å². The summed E-state index contributed by atoms with van der Waals surface area (Å²) in [4.78, 5) is 2.37. The number of hydrogen-bond donors (Lipinski definition) is 1. The second kappa shape index (κ2) is 4.81. The van der Waals surface area contributed by atoms with Crippen molar-refractivity contribution in [1.82, 2.24) is 4.90 Å². The first-order chi connectivity index (χ1) is 7.04. The lowest BCUT2D eigenvalue weighted by atomic mass is 9.89. The van der Waals surface area contributed by atoms with Crippen molar-refractivity contribution in [1.29, 1.82) is 0 Å². The largest absolute Gasteiger partial charge is 0.472 e. The molecule has 1 aromatic heterocycles. The molecule has 3 nitrogen and oxygen atoms in total. The average Bonchev–Trinajstić information content (AvgIpc) is 2.70. The number of furan rings is 1. The van der Waals surface area contributed by atoms with Crippen LogP contribution in [-0.4, -0.2) is 23.5 Å². The van der Waals surface area contributed by atoms with Crippen molar-refractivity contribution in [3.8, 4) is 0 Å². The van der Waals surface area contributed by atoms with Gasteiger partial charge in [-0.15, -0.1) is 0 Å². The molecule has 0 radical (unpaired) electrons. The lowest BCUT2D eigenvalue weighted by Crippen LogP contribution is -2.51. The van der Waals surface area contributed by atoms with Gasteiger partial charge >= 0.3 is 0 Å². The van der Waals surface area contributed by atoms with Crippen molar-refractivity contribution in [2.45, 2.75) is 39.3 Å². The highest BCUT2D eigenvalue weighted by Gasteiger charge is 2.32. The summed E-state index contributed by atoms with van der Waals surface area (Å²) in [5, 5.41) is 0. The van der Waals surface area contributed by atoms with Gasteiger partial charge < -0.3 is 10.2 Å². The molecule has 1 rings (SSSR count). The highest BCUT2D eigenvalue weighted by atomic mass is 16.3. The van der Waals surface area contributed by atoms with Crippen LogP contribution >= 0.6 is 0 Å². The highest BCUT2D eigenvalue weighted by molar-refractivity contribution is 5.16. The van der Waals surface area contributed by atoms with Crippen LogP contribution in [0.15, 0.2) is 23.0 Å². The van der Waals surface area contributed by atoms with E-state index in [1.807, 2.05) is 6.07 Å². The molecule has 3 heteroatoms. The van der Waals surface area contributed by atoms with Crippen molar-refractivity contribution in [2.75, 3.05) is 13.1 Å². The Kier molecular flexibility index (Phi) is 3.94. The van der Waals surface area contributed by atoms with E-state index in [-0.39, 0.29) is 11.6 Å². The van der Waals surface area contributed by atoms with E-state index in [4.69, 9.17) is 10.2 Å². The first-order valence-corrected chi connectivity index (χ1v) is 5.56. The Hall–Kier alpha value is -0.800. The summed E-state index contributed by atoms with van der Waals surface area (Å²) in [6.07, 6.45) is 3.41. The standard InChI is InChI=1S/C12H22N2O/c1-5-14(6-2)12(3,4)11(13)10-7-8-15-9-10/h7-9,11H,5-6,13H2,1-4H3. The molecule has 1 unspecified atom stereocenters. The Bertz CT molecular complexity index is 276. The van der Waals surface area contributed by atoms with Crippen LogP contribution in [0.1, 0.15) is 39.3 Å². The molecule has 0 fully saturated rings. The molecule has 0 aromatic carbocycles. The fraction of sp³-hybridized carbons (Fsp3) is 0.667. The van der Waals surface area contributed by atoms with Crippen molar-refractivity contribution in [2.24, 2.45) is 5.73 Å². The van der Waals surface area contributed by atoms with Crippen molar-refractivity contribution < 1.29 is 4.42 Å². The van der Waals surface area contributed by atoms with Gasteiger partial charge in [0.15, 0.2) is 0 Å². The van der Waals surface area contributed by atoms with Crippen molar-refractivity contribution in [3.05, 3.63) is 24.2 Å². The SMILES string of the molecule is CCN(CC)C(C)(C)C(N)c1ccoc1. The van der Waals surface area contributed by atoms with Gasteiger partial charge in [-0.25, -0.2) is 0 Å². The van der Waals surface area contributed by atoms with Crippen LogP contribution in [0.4, 0.5) is 0 Å². The van der Waals surface area contributed by atoms with E-state index in [9.17, 15) is 0 Å². The highest BCUT2D eigenvalue weighted by Crippen LogP contribution is 2.28. The topological polar surface area (TPSA) is 42.4 Å². The summed E-state index contributed by atoms with van der Waals surface area (Å²) >= 11 is 0. The molecule has 2 N–H and O–H groups in total. The molecule has 15 heavy (non-hydrogen) atoms. The number of hydrogen-bond acceptors (Lipinski definition) is 3. The van der Waals surface area contributed by atoms with Crippen LogP contribution in [0.5, 0.6) is 0 Å². The van der Waals surface area contributed by atoms with Gasteiger partial charge in [-0.05, 0) is 33.0 Å². The minimum Gasteiger partial charge on any atom is -0.472 e. The summed E-state index contributed by atoms with van der Waals surface area (Å²) in [6.45, 7) is 10.7. The molecule has 0 aliphatic rings. The maximum atomic E-state index is 6.27. The quantitative estimate of drug-likeness (QED) is 0.811. The molecule has 0 aliphatic heterocycles. The van der Waals surface area contributed by atoms with Crippen LogP contribution in [-0.2, 0) is 0 Å². The minimum absolute atomic E-state index is 0.0175. The van der Waals surface area contributed by atoms with Gasteiger partial charge in [0.1, 0.15) is 0 Å². The van der Waals surface area contributed by atoms with Crippen LogP contribution in [0.2, 0.25) is 0 Å². The second-order valence-corrected chi connectivity index (χ2v) is 4.36. The Morgan fingerprint density at radius 3 is 2.40 bits per heavy atom. The number of nitrogens with two attached hydrogens (primary N) is 1. The number of rotatable bonds is 5. The monoisotopic (exact) mass is 210 g/mol. The first-order valence-electron chi connectivity index (χ1n) is 5.56. The molecule has 0 saturated heterocycles. The second-order valence-electron chi connectivity index (χ2n) is 4.36. The third-order valence-electron chi connectivity index (χ3n) is 3.24. The zero-order valence-electron chi connectivity index (χ0n) is 10.2. The van der Waals surface area contributed by atoms with Gasteiger partial charge in [0, 0.05) is 11.1 Å². The molecule has 0 spiro atoms. The Balaban J connectivity index is 2.85. The maximum Gasteiger partial charge on any atom is 0.0951 e. The first kappa shape index (κ1) is 12.3. The zero-order chi connectivity index (χ0) is 11.5. The molecular weight excluding hydrogens is 188 g/mol. The minimum atomic E-state index is -0.0482. The summed E-state index contributed by atoms with van der Waals surface area (Å²) in [5.41, 5.74) is 7.28. The van der Waals surface area contributed by atoms with E-state index in [0.29, 0.717) is 0 Å². The normalized spacial score (nSPS) is 14.5. The van der Waals surface area contributed by atoms with E-state index < -0.39 is 0 Å². The molecule has 1 heterocycles. The van der Waals surface area contributed by atoms with Crippen molar-refractivity contribution in [3.63, 3.8) is 0 Å². The van der Waals surface area contributed by atoms with Crippen LogP contribution in [0.3, 0.4) is 0 Å². The summed E-state index contributed by atoms with van der Waals surface area (Å²) in [7, 11) is 0. The molecule has 0 saturated carbocycles. The maximum absolute atomic E-state index is 6.27. The summed E-state index contributed by atoms with van der Waals surface area (Å²) in [5.74, 6) is 0. The van der Waals surface area contributed by atoms with E-state index in [2.05, 4.69) is 32.6 Å².